The van der Waals surface area contributed by atoms with Crippen molar-refractivity contribution < 1.29 is 19.6 Å². The summed E-state index contributed by atoms with van der Waals surface area (Å²) in [6.07, 6.45) is 1.42. The van der Waals surface area contributed by atoms with E-state index in [0.29, 0.717) is 16.8 Å². The summed E-state index contributed by atoms with van der Waals surface area (Å²) < 4.78 is 6.00. The van der Waals surface area contributed by atoms with Gasteiger partial charge in [-0.2, -0.15) is 0 Å². The molecule has 2 N–H and O–H groups in total. The van der Waals surface area contributed by atoms with Crippen molar-refractivity contribution in [2.45, 2.75) is 6.92 Å². The smallest absolute Gasteiger partial charge is 0.322 e. The molecule has 1 aliphatic heterocycles. The van der Waals surface area contributed by atoms with Crippen LogP contribution in [0.25, 0.3) is 11.6 Å². The highest BCUT2D eigenvalue weighted by atomic mass is 79.9. The summed E-state index contributed by atoms with van der Waals surface area (Å²) in [5.74, 6) is -0.891. The molecule has 0 atom stereocenters. The molecule has 25 heavy (non-hydrogen) atoms. The van der Waals surface area contributed by atoms with E-state index in [0.717, 1.165) is 4.47 Å². The van der Waals surface area contributed by atoms with Crippen LogP contribution in [0.4, 0.5) is 11.4 Å². The molecule has 8 heteroatoms. The van der Waals surface area contributed by atoms with Crippen LogP contribution in [0.5, 0.6) is 11.5 Å². The number of carbonyl (C=O) groups excluding carboxylic acids is 1. The highest BCUT2D eigenvalue weighted by molar-refractivity contribution is 9.10. The summed E-state index contributed by atoms with van der Waals surface area (Å²) in [5.41, 5.74) is 1.35. The van der Waals surface area contributed by atoms with Gasteiger partial charge in [-0.1, -0.05) is 15.9 Å². The van der Waals surface area contributed by atoms with Crippen LogP contribution in [0.1, 0.15) is 18.1 Å². The number of halogens is 1. The number of carbonyl (C=O) groups is 1. The summed E-state index contributed by atoms with van der Waals surface area (Å²) in [6.45, 7) is 1.82. The van der Waals surface area contributed by atoms with E-state index in [1.54, 1.807) is 25.1 Å². The molecule has 0 aliphatic carbocycles. The third-order valence-corrected chi connectivity index (χ3v) is 4.17. The third kappa shape index (κ3) is 3.08. The Morgan fingerprint density at radius 2 is 2.12 bits per heavy atom. The van der Waals surface area contributed by atoms with Crippen molar-refractivity contribution in [1.29, 1.82) is 0 Å². The average Bonchev–Trinajstić information content (AvgIpc) is 2.86. The van der Waals surface area contributed by atoms with Gasteiger partial charge in [0.25, 0.3) is 5.91 Å². The molecule has 3 rings (SSSR count). The Balaban J connectivity index is 2.20. The number of nitrogens with zero attached hydrogens (tertiary/aromatic N) is 1. The Hall–Kier alpha value is -2.87. The molecule has 0 fully saturated rings. The zero-order valence-electron chi connectivity index (χ0n) is 13.1. The van der Waals surface area contributed by atoms with Crippen LogP contribution in [0.2, 0.25) is 0 Å². The largest absolute Gasteiger partial charge is 0.504 e. The second-order valence-electron chi connectivity index (χ2n) is 5.24. The van der Waals surface area contributed by atoms with Gasteiger partial charge in [0.1, 0.15) is 0 Å². The highest BCUT2D eigenvalue weighted by Gasteiger charge is 2.28. The van der Waals surface area contributed by atoms with Crippen molar-refractivity contribution in [1.82, 2.24) is 0 Å². The van der Waals surface area contributed by atoms with E-state index in [1.807, 2.05) is 0 Å². The number of nitrogens with one attached hydrogen (secondary N) is 1. The van der Waals surface area contributed by atoms with Crippen LogP contribution < -0.4 is 10.1 Å². The van der Waals surface area contributed by atoms with Gasteiger partial charge < -0.3 is 15.2 Å². The first-order valence-corrected chi connectivity index (χ1v) is 8.17. The SMILES string of the molecule is CCOc1c(O)ccc(/C=C2\C(=O)Nc3ccc(Br)cc32)c1[N+](=O)[O-]. The summed E-state index contributed by atoms with van der Waals surface area (Å²) in [5, 5.41) is 24.1. The number of ether oxygens (including phenoxy) is 1. The van der Waals surface area contributed by atoms with Gasteiger partial charge in [0.05, 0.1) is 17.1 Å². The predicted octanol–water partition coefficient (Wildman–Crippen LogP) is 3.95. The van der Waals surface area contributed by atoms with Crippen LogP contribution in [0.3, 0.4) is 0 Å². The summed E-state index contributed by atoms with van der Waals surface area (Å²) in [6, 6.07) is 7.98. The van der Waals surface area contributed by atoms with E-state index in [9.17, 15) is 20.0 Å². The second-order valence-corrected chi connectivity index (χ2v) is 6.16. The summed E-state index contributed by atoms with van der Waals surface area (Å²) in [7, 11) is 0. The molecular weight excluding hydrogens is 392 g/mol. The Kier molecular flexibility index (Phi) is 4.45. The van der Waals surface area contributed by atoms with Gasteiger partial charge in [0, 0.05) is 21.3 Å². The number of amides is 1. The Morgan fingerprint density at radius 3 is 2.80 bits per heavy atom. The van der Waals surface area contributed by atoms with E-state index in [-0.39, 0.29) is 35.3 Å². The van der Waals surface area contributed by atoms with Crippen molar-refractivity contribution in [3.8, 4) is 11.5 Å². The molecule has 0 radical (unpaired) electrons. The van der Waals surface area contributed by atoms with Gasteiger partial charge in [0.2, 0.25) is 5.75 Å². The topological polar surface area (TPSA) is 102 Å². The molecule has 2 aromatic carbocycles. The minimum absolute atomic E-state index is 0.157. The van der Waals surface area contributed by atoms with Crippen molar-refractivity contribution in [3.05, 3.63) is 56.0 Å². The van der Waals surface area contributed by atoms with Crippen molar-refractivity contribution >= 4 is 44.9 Å². The third-order valence-electron chi connectivity index (χ3n) is 3.68. The number of benzene rings is 2. The molecule has 0 spiro atoms. The molecule has 2 aromatic rings. The highest BCUT2D eigenvalue weighted by Crippen LogP contribution is 2.42. The minimum Gasteiger partial charge on any atom is -0.504 e. The average molecular weight is 405 g/mol. The molecule has 0 aromatic heterocycles. The number of nitro groups is 1. The molecule has 1 amide bonds. The summed E-state index contributed by atoms with van der Waals surface area (Å²) >= 11 is 3.35. The molecule has 0 saturated carbocycles. The molecular formula is C17H13BrN2O5. The van der Waals surface area contributed by atoms with Crippen LogP contribution in [-0.2, 0) is 4.79 Å². The van der Waals surface area contributed by atoms with Crippen molar-refractivity contribution in [2.75, 3.05) is 11.9 Å². The van der Waals surface area contributed by atoms with Gasteiger partial charge >= 0.3 is 5.69 Å². The molecule has 0 saturated heterocycles. The van der Waals surface area contributed by atoms with Crippen molar-refractivity contribution in [3.63, 3.8) is 0 Å². The van der Waals surface area contributed by atoms with Gasteiger partial charge in [-0.05, 0) is 43.3 Å². The number of nitro benzene ring substituents is 1. The maximum Gasteiger partial charge on any atom is 0.322 e. The fourth-order valence-corrected chi connectivity index (χ4v) is 2.99. The van der Waals surface area contributed by atoms with Gasteiger partial charge in [-0.15, -0.1) is 0 Å². The predicted molar refractivity (Wildman–Crippen MR) is 96.6 cm³/mol. The minimum atomic E-state index is -0.633. The van der Waals surface area contributed by atoms with E-state index < -0.39 is 4.92 Å². The zero-order chi connectivity index (χ0) is 18.1. The molecule has 1 aliphatic rings. The lowest BCUT2D eigenvalue weighted by molar-refractivity contribution is -0.386. The molecule has 128 valence electrons. The number of anilines is 1. The van der Waals surface area contributed by atoms with Gasteiger partial charge in [0.15, 0.2) is 5.75 Å². The Labute approximate surface area is 151 Å². The summed E-state index contributed by atoms with van der Waals surface area (Å²) in [4.78, 5) is 23.1. The van der Waals surface area contributed by atoms with Crippen LogP contribution in [0, 0.1) is 10.1 Å². The van der Waals surface area contributed by atoms with E-state index in [4.69, 9.17) is 4.74 Å². The number of rotatable bonds is 4. The normalized spacial score (nSPS) is 14.3. The Bertz CT molecular complexity index is 923. The molecule has 7 nitrogen and oxygen atoms in total. The number of aromatic hydroxyl groups is 1. The van der Waals surface area contributed by atoms with Crippen molar-refractivity contribution in [2.24, 2.45) is 0 Å². The maximum atomic E-state index is 12.3. The van der Waals surface area contributed by atoms with Crippen LogP contribution in [-0.4, -0.2) is 22.5 Å². The lowest BCUT2D eigenvalue weighted by Crippen LogP contribution is -2.04. The number of hydrogen-bond acceptors (Lipinski definition) is 5. The first-order valence-electron chi connectivity index (χ1n) is 7.38. The standard InChI is InChI=1S/C17H13BrN2O5/c1-2-25-16-14(21)6-3-9(15(16)20(23)24)7-12-11-8-10(18)4-5-13(11)19-17(12)22/h3-8,21H,2H2,1H3,(H,19,22)/b12-7-. The van der Waals surface area contributed by atoms with E-state index in [1.165, 1.54) is 18.2 Å². The monoisotopic (exact) mass is 404 g/mol. The second kappa shape index (κ2) is 6.56. The zero-order valence-corrected chi connectivity index (χ0v) is 14.7. The van der Waals surface area contributed by atoms with Gasteiger partial charge in [-0.3, -0.25) is 14.9 Å². The first-order chi connectivity index (χ1) is 11.9. The number of hydrogen-bond donors (Lipinski definition) is 2. The molecule has 0 bridgehead atoms. The lowest BCUT2D eigenvalue weighted by Gasteiger charge is -2.09. The molecule has 0 unspecified atom stereocenters. The Morgan fingerprint density at radius 1 is 1.36 bits per heavy atom. The number of phenolic OH excluding ortho intramolecular Hbond substituents is 1. The van der Waals surface area contributed by atoms with Crippen LogP contribution in [0.15, 0.2) is 34.8 Å². The fraction of sp³-hybridized carbons (Fsp3) is 0.118. The quantitative estimate of drug-likeness (QED) is 0.456. The number of phenols is 1. The van der Waals surface area contributed by atoms with Crippen LogP contribution >= 0.6 is 15.9 Å². The number of fused-ring (bicyclic) bond motifs is 1. The fourth-order valence-electron chi connectivity index (χ4n) is 2.63. The van der Waals surface area contributed by atoms with E-state index >= 15 is 0 Å². The van der Waals surface area contributed by atoms with Gasteiger partial charge in [-0.25, -0.2) is 0 Å². The lowest BCUT2D eigenvalue weighted by atomic mass is 10.0. The molecule has 1 heterocycles. The maximum absolute atomic E-state index is 12.3. The first kappa shape index (κ1) is 17.0. The van der Waals surface area contributed by atoms with E-state index in [2.05, 4.69) is 21.2 Å².